The Hall–Kier alpha value is -2.46. The molecule has 35 heavy (non-hydrogen) atoms. The molecule has 1 saturated heterocycles. The van der Waals surface area contributed by atoms with E-state index in [-0.39, 0.29) is 12.2 Å². The molecule has 0 aromatic heterocycles. The molecule has 3 aromatic rings. The molecule has 0 unspecified atom stereocenters. The Morgan fingerprint density at radius 1 is 0.971 bits per heavy atom. The number of aryl methyl sites for hydroxylation is 1. The third-order valence-corrected chi connectivity index (χ3v) is 7.60. The Labute approximate surface area is 231 Å². The van der Waals surface area contributed by atoms with E-state index in [0.29, 0.717) is 31.0 Å². The summed E-state index contributed by atoms with van der Waals surface area (Å²) in [6.45, 7) is 2.09. The van der Waals surface area contributed by atoms with Crippen LogP contribution in [0, 0.1) is 6.92 Å². The van der Waals surface area contributed by atoms with Crippen LogP contribution in [0.1, 0.15) is 16.7 Å². The lowest BCUT2D eigenvalue weighted by Crippen LogP contribution is -2.54. The van der Waals surface area contributed by atoms with E-state index in [1.165, 1.54) is 6.08 Å². The van der Waals surface area contributed by atoms with Gasteiger partial charge in [-0.2, -0.15) is 0 Å². The van der Waals surface area contributed by atoms with E-state index < -0.39 is 17.8 Å². The monoisotopic (exact) mass is 680 g/mol. The number of anilines is 1. The first-order valence-electron chi connectivity index (χ1n) is 10.2. The largest absolute Gasteiger partial charge is 0.486 e. The number of nitrogens with zero attached hydrogens (tertiary/aromatic N) is 1. The number of rotatable bonds is 5. The molecule has 0 spiro atoms. The van der Waals surface area contributed by atoms with Crippen molar-refractivity contribution in [1.82, 2.24) is 5.32 Å². The van der Waals surface area contributed by atoms with Crippen LogP contribution in [-0.2, 0) is 16.2 Å². The molecule has 0 bridgehead atoms. The topological polar surface area (TPSA) is 75.7 Å². The van der Waals surface area contributed by atoms with E-state index in [2.05, 4.69) is 53.1 Å². The number of nitrogens with one attached hydrogen (secondary N) is 1. The summed E-state index contributed by atoms with van der Waals surface area (Å²) >= 11 is 16.6. The molecule has 10 heteroatoms. The van der Waals surface area contributed by atoms with Gasteiger partial charge in [0.2, 0.25) is 0 Å². The number of carbonyl (C=O) groups is 3. The van der Waals surface area contributed by atoms with E-state index >= 15 is 0 Å². The second-order valence-electron chi connectivity index (χ2n) is 7.59. The predicted molar refractivity (Wildman–Crippen MR) is 146 cm³/mol. The Kier molecular flexibility index (Phi) is 7.80. The van der Waals surface area contributed by atoms with Crippen molar-refractivity contribution in [2.75, 3.05) is 4.90 Å². The van der Waals surface area contributed by atoms with E-state index in [9.17, 15) is 14.4 Å². The van der Waals surface area contributed by atoms with Gasteiger partial charge in [0, 0.05) is 15.1 Å². The van der Waals surface area contributed by atoms with Crippen molar-refractivity contribution in [1.29, 1.82) is 0 Å². The minimum absolute atomic E-state index is 0.172. The molecule has 3 aromatic carbocycles. The van der Waals surface area contributed by atoms with Crippen molar-refractivity contribution in [2.24, 2.45) is 0 Å². The Morgan fingerprint density at radius 3 is 2.31 bits per heavy atom. The van der Waals surface area contributed by atoms with Gasteiger partial charge in [-0.1, -0.05) is 45.7 Å². The van der Waals surface area contributed by atoms with E-state index in [1.807, 2.05) is 25.1 Å². The van der Waals surface area contributed by atoms with E-state index in [1.54, 1.807) is 36.4 Å². The fourth-order valence-corrected chi connectivity index (χ4v) is 5.28. The van der Waals surface area contributed by atoms with E-state index in [4.69, 9.17) is 16.3 Å². The average molecular weight is 684 g/mol. The zero-order chi connectivity index (χ0) is 25.3. The molecule has 6 nitrogen and oxygen atoms in total. The average Bonchev–Trinajstić information content (AvgIpc) is 2.79. The molecule has 0 saturated carbocycles. The quantitative estimate of drug-likeness (QED) is 0.229. The van der Waals surface area contributed by atoms with Gasteiger partial charge in [-0.05, 0) is 92.4 Å². The number of carbonyl (C=O) groups excluding carboxylic acids is 3. The fourth-order valence-electron chi connectivity index (χ4n) is 3.39. The Balaban J connectivity index is 1.62. The molecule has 178 valence electrons. The summed E-state index contributed by atoms with van der Waals surface area (Å²) in [7, 11) is 0. The van der Waals surface area contributed by atoms with Gasteiger partial charge in [0.05, 0.1) is 14.6 Å². The number of urea groups is 1. The third kappa shape index (κ3) is 5.53. The zero-order valence-electron chi connectivity index (χ0n) is 18.1. The minimum Gasteiger partial charge on any atom is -0.486 e. The van der Waals surface area contributed by atoms with Crippen LogP contribution in [0.5, 0.6) is 5.75 Å². The van der Waals surface area contributed by atoms with Crippen LogP contribution < -0.4 is 15.0 Å². The summed E-state index contributed by atoms with van der Waals surface area (Å²) in [6.07, 6.45) is 1.43. The van der Waals surface area contributed by atoms with Crippen LogP contribution in [0.15, 0.2) is 73.6 Å². The van der Waals surface area contributed by atoms with Gasteiger partial charge < -0.3 is 4.74 Å². The second kappa shape index (κ2) is 10.7. The lowest BCUT2D eigenvalue weighted by molar-refractivity contribution is -0.122. The third-order valence-electron chi connectivity index (χ3n) is 5.16. The molecule has 4 amide bonds. The summed E-state index contributed by atoms with van der Waals surface area (Å²) in [6, 6.07) is 15.1. The van der Waals surface area contributed by atoms with Crippen LogP contribution in [0.2, 0.25) is 5.02 Å². The molecule has 0 radical (unpaired) electrons. The second-order valence-corrected chi connectivity index (χ2v) is 10.6. The van der Waals surface area contributed by atoms with Gasteiger partial charge >= 0.3 is 6.03 Å². The number of halogens is 4. The van der Waals surface area contributed by atoms with Gasteiger partial charge in [0.1, 0.15) is 17.9 Å². The lowest BCUT2D eigenvalue weighted by atomic mass is 10.1. The Bertz CT molecular complexity index is 1380. The maximum Gasteiger partial charge on any atom is 0.335 e. The SMILES string of the molecule is Cc1cc(N2C(=O)NC(=O)/C(=C\c3cc(Br)c(OCc4ccccc4Cl)c(Br)c3)C2=O)ccc1Br. The molecule has 0 atom stereocenters. The first-order valence-corrected chi connectivity index (χ1v) is 12.9. The molecule has 0 aliphatic carbocycles. The predicted octanol–water partition coefficient (Wildman–Crippen LogP) is 7.18. The number of amides is 4. The minimum atomic E-state index is -0.801. The number of barbiturate groups is 1. The molecule has 1 fully saturated rings. The van der Waals surface area contributed by atoms with Crippen molar-refractivity contribution in [3.63, 3.8) is 0 Å². The molecular weight excluding hydrogens is 667 g/mol. The number of ether oxygens (including phenoxy) is 1. The van der Waals surface area contributed by atoms with Gasteiger partial charge in [0.25, 0.3) is 11.8 Å². The molecule has 1 aliphatic rings. The van der Waals surface area contributed by atoms with Crippen LogP contribution in [0.3, 0.4) is 0 Å². The highest BCUT2D eigenvalue weighted by Crippen LogP contribution is 2.37. The van der Waals surface area contributed by atoms with Gasteiger partial charge in [-0.15, -0.1) is 0 Å². The number of hydrogen-bond donors (Lipinski definition) is 1. The van der Waals surface area contributed by atoms with Crippen molar-refractivity contribution < 1.29 is 19.1 Å². The van der Waals surface area contributed by atoms with E-state index in [0.717, 1.165) is 20.5 Å². The highest BCUT2D eigenvalue weighted by Gasteiger charge is 2.37. The van der Waals surface area contributed by atoms with Crippen molar-refractivity contribution in [3.8, 4) is 5.75 Å². The molecular formula is C25H16Br3ClN2O4. The number of benzene rings is 3. The van der Waals surface area contributed by atoms with Gasteiger partial charge in [-0.25, -0.2) is 9.69 Å². The maximum atomic E-state index is 13.2. The summed E-state index contributed by atoms with van der Waals surface area (Å²) in [5.74, 6) is -0.947. The highest BCUT2D eigenvalue weighted by molar-refractivity contribution is 9.11. The molecule has 1 aliphatic heterocycles. The standard InChI is InChI=1S/C25H16Br3ClN2O4/c1-13-8-16(6-7-18(13)26)31-24(33)17(23(32)30-25(31)34)9-14-10-19(27)22(20(28)11-14)35-12-15-4-2-3-5-21(15)29/h2-11H,12H2,1H3,(H,30,32,34)/b17-9+. The molecule has 1 heterocycles. The first kappa shape index (κ1) is 25.6. The summed E-state index contributed by atoms with van der Waals surface area (Å²) in [4.78, 5) is 39.1. The summed E-state index contributed by atoms with van der Waals surface area (Å²) in [5, 5.41) is 2.83. The maximum absolute atomic E-state index is 13.2. The molecule has 4 rings (SSSR count). The van der Waals surface area contributed by atoms with Crippen LogP contribution >= 0.6 is 59.4 Å². The van der Waals surface area contributed by atoms with Crippen LogP contribution in [0.25, 0.3) is 6.08 Å². The fraction of sp³-hybridized carbons (Fsp3) is 0.0800. The summed E-state index contributed by atoms with van der Waals surface area (Å²) in [5.41, 5.74) is 2.40. The van der Waals surface area contributed by atoms with Crippen molar-refractivity contribution >= 4 is 89.0 Å². The first-order chi connectivity index (χ1) is 16.7. The van der Waals surface area contributed by atoms with Crippen molar-refractivity contribution in [3.05, 3.63) is 95.3 Å². The Morgan fingerprint density at radius 2 is 1.66 bits per heavy atom. The van der Waals surface area contributed by atoms with Gasteiger partial charge in [-0.3, -0.25) is 14.9 Å². The number of hydrogen-bond acceptors (Lipinski definition) is 4. The summed E-state index contributed by atoms with van der Waals surface area (Å²) < 4.78 is 7.97. The zero-order valence-corrected chi connectivity index (χ0v) is 23.6. The van der Waals surface area contributed by atoms with Gasteiger partial charge in [0.15, 0.2) is 0 Å². The molecule has 1 N–H and O–H groups in total. The lowest BCUT2D eigenvalue weighted by Gasteiger charge is -2.26. The van der Waals surface area contributed by atoms with Crippen molar-refractivity contribution in [2.45, 2.75) is 13.5 Å². The highest BCUT2D eigenvalue weighted by atomic mass is 79.9. The number of imide groups is 2. The van der Waals surface area contributed by atoms with Crippen LogP contribution in [-0.4, -0.2) is 17.8 Å². The smallest absolute Gasteiger partial charge is 0.335 e. The van der Waals surface area contributed by atoms with Crippen LogP contribution in [0.4, 0.5) is 10.5 Å². The normalized spacial score (nSPS) is 14.9.